The van der Waals surface area contributed by atoms with Crippen LogP contribution in [0.2, 0.25) is 0 Å². The lowest BCUT2D eigenvalue weighted by atomic mass is 10.1. The van der Waals surface area contributed by atoms with Gasteiger partial charge in [0, 0.05) is 6.20 Å². The van der Waals surface area contributed by atoms with Crippen molar-refractivity contribution in [1.29, 1.82) is 0 Å². The first-order chi connectivity index (χ1) is 10.5. The first-order valence-electron chi connectivity index (χ1n) is 6.83. The first kappa shape index (κ1) is 15.6. The summed E-state index contributed by atoms with van der Waals surface area (Å²) in [6.07, 6.45) is 2.05. The molecule has 6 heteroatoms. The fraction of sp³-hybridized carbons (Fsp3) is 0.250. The summed E-state index contributed by atoms with van der Waals surface area (Å²) in [5.74, 6) is -0.724. The zero-order valence-electron chi connectivity index (χ0n) is 12.4. The predicted molar refractivity (Wildman–Crippen MR) is 79.1 cm³/mol. The molecule has 0 fully saturated rings. The van der Waals surface area contributed by atoms with Gasteiger partial charge in [-0.3, -0.25) is 4.79 Å². The normalized spacial score (nSPS) is 10.3. The lowest BCUT2D eigenvalue weighted by molar-refractivity contribution is 0.0684. The summed E-state index contributed by atoms with van der Waals surface area (Å²) in [6.45, 7) is 3.33. The molecule has 0 radical (unpaired) electrons. The number of aryl methyl sites for hydroxylation is 1. The number of ether oxygens (including phenoxy) is 1. The van der Waals surface area contributed by atoms with E-state index in [1.807, 2.05) is 31.2 Å². The molecule has 6 nitrogen and oxygen atoms in total. The van der Waals surface area contributed by atoms with Crippen molar-refractivity contribution in [3.8, 4) is 5.75 Å². The highest BCUT2D eigenvalue weighted by molar-refractivity contribution is 6.03. The van der Waals surface area contributed by atoms with Gasteiger partial charge in [0.25, 0.3) is 0 Å². The molecule has 0 bridgehead atoms. The maximum Gasteiger partial charge on any atom is 0.355 e. The van der Waals surface area contributed by atoms with Crippen LogP contribution < -0.4 is 4.74 Å². The number of nitrogens with zero attached hydrogens (tertiary/aromatic N) is 2. The number of hydrogen-bond acceptors (Lipinski definition) is 5. The number of carbonyl (C=O) groups is 2. The summed E-state index contributed by atoms with van der Waals surface area (Å²) < 4.78 is 5.65. The van der Waals surface area contributed by atoms with Gasteiger partial charge < -0.3 is 9.84 Å². The molecule has 0 spiro atoms. The molecule has 114 valence electrons. The number of benzene rings is 1. The van der Waals surface area contributed by atoms with Crippen LogP contribution in [-0.4, -0.2) is 26.8 Å². The molecule has 0 aliphatic rings. The van der Waals surface area contributed by atoms with Gasteiger partial charge in [-0.25, -0.2) is 14.8 Å². The maximum absolute atomic E-state index is 11.4. The average Bonchev–Trinajstić information content (AvgIpc) is 2.52. The number of carboxylic acid groups (broad SMARTS) is 1. The molecular weight excluding hydrogens is 284 g/mol. The second kappa shape index (κ2) is 6.80. The Morgan fingerprint density at radius 2 is 2.00 bits per heavy atom. The molecule has 1 N–H and O–H groups in total. The summed E-state index contributed by atoms with van der Waals surface area (Å²) in [4.78, 5) is 30.4. The number of aromatic nitrogens is 2. The number of hydrogen-bond donors (Lipinski definition) is 1. The molecule has 0 amide bonds. The van der Waals surface area contributed by atoms with E-state index in [0.29, 0.717) is 5.75 Å². The van der Waals surface area contributed by atoms with E-state index in [4.69, 9.17) is 9.84 Å². The lowest BCUT2D eigenvalue weighted by Crippen LogP contribution is -2.13. The number of Topliss-reactive ketones (excluding diaryl/α,β-unsaturated/α-hetero) is 1. The molecule has 0 atom stereocenters. The lowest BCUT2D eigenvalue weighted by Gasteiger charge is -2.10. The monoisotopic (exact) mass is 300 g/mol. The van der Waals surface area contributed by atoms with Crippen LogP contribution in [0.5, 0.6) is 5.75 Å². The molecular formula is C16H16N2O4. The topological polar surface area (TPSA) is 89.4 Å². The summed E-state index contributed by atoms with van der Waals surface area (Å²) in [5, 5.41) is 9.12. The van der Waals surface area contributed by atoms with Crippen molar-refractivity contribution < 1.29 is 19.4 Å². The van der Waals surface area contributed by atoms with Crippen LogP contribution in [0.4, 0.5) is 0 Å². The van der Waals surface area contributed by atoms with E-state index in [0.717, 1.165) is 12.0 Å². The molecule has 0 aliphatic heterocycles. The molecule has 2 aromatic rings. The number of aromatic carboxylic acids is 1. The number of carbonyl (C=O) groups excluding carboxylic acids is 1. The minimum Gasteiger partial charge on any atom is -0.485 e. The van der Waals surface area contributed by atoms with E-state index in [1.165, 1.54) is 13.1 Å². The molecule has 0 aliphatic carbocycles. The van der Waals surface area contributed by atoms with Crippen molar-refractivity contribution in [3.63, 3.8) is 0 Å². The van der Waals surface area contributed by atoms with Crippen LogP contribution in [0, 0.1) is 0 Å². The third-order valence-corrected chi connectivity index (χ3v) is 3.13. The highest BCUT2D eigenvalue weighted by atomic mass is 16.5. The first-order valence-corrected chi connectivity index (χ1v) is 6.83. The van der Waals surface area contributed by atoms with E-state index in [9.17, 15) is 9.59 Å². The Bertz CT molecular complexity index is 713. The van der Waals surface area contributed by atoms with Gasteiger partial charge in [-0.1, -0.05) is 25.1 Å². The van der Waals surface area contributed by atoms with Crippen LogP contribution in [0.3, 0.4) is 0 Å². The number of rotatable bonds is 6. The summed E-state index contributed by atoms with van der Waals surface area (Å²) in [6, 6.07) is 7.57. The standard InChI is InChI=1S/C16H16N2O4/c1-3-11-6-4-5-7-13(11)22-9-14-17-8-12(10(2)19)15(18-14)16(20)21/h4-8H,3,9H2,1-2H3,(H,20,21). The minimum atomic E-state index is -1.26. The summed E-state index contributed by atoms with van der Waals surface area (Å²) in [7, 11) is 0. The molecule has 0 saturated carbocycles. The van der Waals surface area contributed by atoms with Crippen molar-refractivity contribution >= 4 is 11.8 Å². The smallest absolute Gasteiger partial charge is 0.355 e. The molecule has 1 heterocycles. The largest absolute Gasteiger partial charge is 0.485 e. The van der Waals surface area contributed by atoms with Gasteiger partial charge in [-0.15, -0.1) is 0 Å². The third-order valence-electron chi connectivity index (χ3n) is 3.13. The van der Waals surface area contributed by atoms with Gasteiger partial charge in [0.2, 0.25) is 0 Å². The number of para-hydroxylation sites is 1. The highest BCUT2D eigenvalue weighted by Crippen LogP contribution is 2.19. The Morgan fingerprint density at radius 3 is 2.64 bits per heavy atom. The highest BCUT2D eigenvalue weighted by Gasteiger charge is 2.17. The van der Waals surface area contributed by atoms with Crippen LogP contribution in [-0.2, 0) is 13.0 Å². The van der Waals surface area contributed by atoms with Crippen molar-refractivity contribution in [1.82, 2.24) is 9.97 Å². The van der Waals surface area contributed by atoms with Crippen molar-refractivity contribution in [2.24, 2.45) is 0 Å². The Balaban J connectivity index is 2.22. The van der Waals surface area contributed by atoms with Crippen LogP contribution in [0.1, 0.15) is 46.1 Å². The van der Waals surface area contributed by atoms with Crippen LogP contribution in [0.25, 0.3) is 0 Å². The number of carboxylic acids is 1. The SMILES string of the molecule is CCc1ccccc1OCc1ncc(C(C)=O)c(C(=O)O)n1. The molecule has 0 unspecified atom stereocenters. The Morgan fingerprint density at radius 1 is 1.27 bits per heavy atom. The quantitative estimate of drug-likeness (QED) is 0.824. The molecule has 1 aromatic carbocycles. The third kappa shape index (κ3) is 3.46. The van der Waals surface area contributed by atoms with E-state index < -0.39 is 5.97 Å². The van der Waals surface area contributed by atoms with Gasteiger partial charge in [-0.05, 0) is 25.0 Å². The molecule has 22 heavy (non-hydrogen) atoms. The van der Waals surface area contributed by atoms with Gasteiger partial charge in [0.15, 0.2) is 17.3 Å². The Labute approximate surface area is 127 Å². The van der Waals surface area contributed by atoms with Gasteiger partial charge in [0.1, 0.15) is 12.4 Å². The van der Waals surface area contributed by atoms with E-state index in [1.54, 1.807) is 0 Å². The summed E-state index contributed by atoms with van der Waals surface area (Å²) >= 11 is 0. The van der Waals surface area contributed by atoms with E-state index >= 15 is 0 Å². The fourth-order valence-electron chi connectivity index (χ4n) is 1.99. The Kier molecular flexibility index (Phi) is 4.83. The van der Waals surface area contributed by atoms with Gasteiger partial charge >= 0.3 is 5.97 Å². The zero-order valence-corrected chi connectivity index (χ0v) is 12.4. The minimum absolute atomic E-state index is 0.00907. The van der Waals surface area contributed by atoms with Crippen LogP contribution >= 0.6 is 0 Å². The predicted octanol–water partition coefficient (Wildman–Crippen LogP) is 2.52. The second-order valence-corrected chi connectivity index (χ2v) is 4.66. The molecule has 2 rings (SSSR count). The summed E-state index contributed by atoms with van der Waals surface area (Å²) in [5.41, 5.74) is 0.733. The second-order valence-electron chi connectivity index (χ2n) is 4.66. The van der Waals surface area contributed by atoms with E-state index in [2.05, 4.69) is 9.97 Å². The fourth-order valence-corrected chi connectivity index (χ4v) is 1.99. The maximum atomic E-state index is 11.4. The van der Waals surface area contributed by atoms with Crippen molar-refractivity contribution in [2.45, 2.75) is 26.9 Å². The van der Waals surface area contributed by atoms with Crippen molar-refractivity contribution in [2.75, 3.05) is 0 Å². The van der Waals surface area contributed by atoms with Crippen LogP contribution in [0.15, 0.2) is 30.5 Å². The molecule has 1 aromatic heterocycles. The zero-order chi connectivity index (χ0) is 16.1. The molecule has 0 saturated heterocycles. The van der Waals surface area contributed by atoms with E-state index in [-0.39, 0.29) is 29.5 Å². The van der Waals surface area contributed by atoms with Gasteiger partial charge in [0.05, 0.1) is 5.56 Å². The van der Waals surface area contributed by atoms with Crippen molar-refractivity contribution in [3.05, 3.63) is 53.1 Å². The average molecular weight is 300 g/mol. The number of ketones is 1. The van der Waals surface area contributed by atoms with Gasteiger partial charge in [-0.2, -0.15) is 0 Å². The Hall–Kier alpha value is -2.76.